The molecular weight excluding hydrogens is 296 g/mol. The van der Waals surface area contributed by atoms with E-state index in [0.717, 1.165) is 30.7 Å². The average molecular weight is 313 g/mol. The quantitative estimate of drug-likeness (QED) is 0.922. The second-order valence-corrected chi connectivity index (χ2v) is 5.20. The minimum Gasteiger partial charge on any atom is -0.481 e. The number of nitrogens with one attached hydrogen (secondary N) is 1. The third kappa shape index (κ3) is 3.46. The van der Waals surface area contributed by atoms with Crippen molar-refractivity contribution in [1.29, 1.82) is 0 Å². The third-order valence-corrected chi connectivity index (χ3v) is 3.43. The maximum absolute atomic E-state index is 12.1. The van der Waals surface area contributed by atoms with Gasteiger partial charge in [-0.3, -0.25) is 4.79 Å². The summed E-state index contributed by atoms with van der Waals surface area (Å²) in [7, 11) is 0. The first-order chi connectivity index (χ1) is 8.66. The van der Waals surface area contributed by atoms with Crippen molar-refractivity contribution in [3.63, 3.8) is 0 Å². The molecule has 98 valence electrons. The summed E-state index contributed by atoms with van der Waals surface area (Å²) in [5.41, 5.74) is 0. The molecule has 1 atom stereocenters. The van der Waals surface area contributed by atoms with Gasteiger partial charge in [0.15, 0.2) is 6.10 Å². The van der Waals surface area contributed by atoms with Crippen molar-refractivity contribution in [3.05, 3.63) is 28.7 Å². The molecule has 1 aliphatic heterocycles. The van der Waals surface area contributed by atoms with E-state index in [9.17, 15) is 4.79 Å². The van der Waals surface area contributed by atoms with Crippen LogP contribution in [0.3, 0.4) is 0 Å². The molecular formula is C13H17BrN2O2. The highest BCUT2D eigenvalue weighted by molar-refractivity contribution is 9.10. The van der Waals surface area contributed by atoms with E-state index in [-0.39, 0.29) is 5.91 Å². The van der Waals surface area contributed by atoms with Gasteiger partial charge in [-0.2, -0.15) is 0 Å². The highest BCUT2D eigenvalue weighted by atomic mass is 79.9. The van der Waals surface area contributed by atoms with Gasteiger partial charge < -0.3 is 15.0 Å². The first-order valence-corrected chi connectivity index (χ1v) is 6.88. The van der Waals surface area contributed by atoms with E-state index < -0.39 is 6.10 Å². The van der Waals surface area contributed by atoms with Crippen molar-refractivity contribution in [2.24, 2.45) is 0 Å². The molecule has 0 unspecified atom stereocenters. The van der Waals surface area contributed by atoms with Crippen LogP contribution in [0.4, 0.5) is 0 Å². The van der Waals surface area contributed by atoms with Gasteiger partial charge in [-0.1, -0.05) is 15.9 Å². The maximum Gasteiger partial charge on any atom is 0.263 e. The highest BCUT2D eigenvalue weighted by Gasteiger charge is 2.23. The topological polar surface area (TPSA) is 41.6 Å². The number of rotatable bonds is 3. The summed E-state index contributed by atoms with van der Waals surface area (Å²) in [6.45, 7) is 5.03. The number of hydrogen-bond donors (Lipinski definition) is 1. The van der Waals surface area contributed by atoms with Crippen LogP contribution in [-0.2, 0) is 4.79 Å². The number of nitrogens with zero attached hydrogens (tertiary/aromatic N) is 1. The Kier molecular flexibility index (Phi) is 4.60. The molecule has 2 rings (SSSR count). The van der Waals surface area contributed by atoms with Gasteiger partial charge in [0.25, 0.3) is 5.91 Å². The Balaban J connectivity index is 1.92. The fourth-order valence-corrected chi connectivity index (χ4v) is 2.17. The SMILES string of the molecule is C[C@H](Oc1ccc(Br)cc1)C(=O)N1CCNCC1. The zero-order valence-electron chi connectivity index (χ0n) is 10.4. The lowest BCUT2D eigenvalue weighted by molar-refractivity contribution is -0.138. The van der Waals surface area contributed by atoms with E-state index in [4.69, 9.17) is 4.74 Å². The number of piperazine rings is 1. The molecule has 0 spiro atoms. The molecule has 1 fully saturated rings. The summed E-state index contributed by atoms with van der Waals surface area (Å²) < 4.78 is 6.65. The van der Waals surface area contributed by atoms with Crippen LogP contribution in [0.1, 0.15) is 6.92 Å². The van der Waals surface area contributed by atoms with Crippen LogP contribution in [0.25, 0.3) is 0 Å². The average Bonchev–Trinajstić information content (AvgIpc) is 2.41. The molecule has 1 aliphatic rings. The second kappa shape index (κ2) is 6.20. The van der Waals surface area contributed by atoms with E-state index >= 15 is 0 Å². The van der Waals surface area contributed by atoms with Crippen molar-refractivity contribution in [1.82, 2.24) is 10.2 Å². The van der Waals surface area contributed by atoms with Gasteiger partial charge in [-0.25, -0.2) is 0 Å². The smallest absolute Gasteiger partial charge is 0.263 e. The van der Waals surface area contributed by atoms with Crippen molar-refractivity contribution < 1.29 is 9.53 Å². The standard InChI is InChI=1S/C13H17BrN2O2/c1-10(13(17)16-8-6-15-7-9-16)18-12-4-2-11(14)3-5-12/h2-5,10,15H,6-9H2,1H3/t10-/m0/s1. The first kappa shape index (κ1) is 13.4. The Labute approximate surface area is 115 Å². The summed E-state index contributed by atoms with van der Waals surface area (Å²) >= 11 is 3.37. The molecule has 1 aromatic rings. The van der Waals surface area contributed by atoms with Gasteiger partial charge in [0, 0.05) is 30.7 Å². The van der Waals surface area contributed by atoms with Crippen LogP contribution in [0.5, 0.6) is 5.75 Å². The number of carbonyl (C=O) groups excluding carboxylic acids is 1. The zero-order valence-corrected chi connectivity index (χ0v) is 11.9. The third-order valence-electron chi connectivity index (χ3n) is 2.90. The van der Waals surface area contributed by atoms with Crippen LogP contribution in [0.15, 0.2) is 28.7 Å². The highest BCUT2D eigenvalue weighted by Crippen LogP contribution is 2.17. The monoisotopic (exact) mass is 312 g/mol. The largest absolute Gasteiger partial charge is 0.481 e. The van der Waals surface area contributed by atoms with E-state index in [1.54, 1.807) is 6.92 Å². The van der Waals surface area contributed by atoms with E-state index in [1.807, 2.05) is 29.2 Å². The molecule has 1 aromatic carbocycles. The van der Waals surface area contributed by atoms with E-state index in [1.165, 1.54) is 0 Å². The molecule has 18 heavy (non-hydrogen) atoms. The van der Waals surface area contributed by atoms with Crippen LogP contribution in [0.2, 0.25) is 0 Å². The predicted molar refractivity (Wildman–Crippen MR) is 73.7 cm³/mol. The Bertz CT molecular complexity index is 402. The van der Waals surface area contributed by atoms with Gasteiger partial charge in [-0.05, 0) is 31.2 Å². The van der Waals surface area contributed by atoms with Crippen molar-refractivity contribution in [2.45, 2.75) is 13.0 Å². The fraction of sp³-hybridized carbons (Fsp3) is 0.462. The second-order valence-electron chi connectivity index (χ2n) is 4.29. The first-order valence-electron chi connectivity index (χ1n) is 6.08. The van der Waals surface area contributed by atoms with Crippen LogP contribution < -0.4 is 10.1 Å². The zero-order chi connectivity index (χ0) is 13.0. The molecule has 1 saturated heterocycles. The van der Waals surface area contributed by atoms with Crippen LogP contribution in [0, 0.1) is 0 Å². The molecule has 4 nitrogen and oxygen atoms in total. The van der Waals surface area contributed by atoms with Gasteiger partial charge in [0.1, 0.15) is 5.75 Å². The number of hydrogen-bond acceptors (Lipinski definition) is 3. The predicted octanol–water partition coefficient (Wildman–Crippen LogP) is 1.65. The number of ether oxygens (including phenoxy) is 1. The molecule has 0 aliphatic carbocycles. The normalized spacial score (nSPS) is 17.3. The van der Waals surface area contributed by atoms with Gasteiger partial charge >= 0.3 is 0 Å². The van der Waals surface area contributed by atoms with Gasteiger partial charge in [-0.15, -0.1) is 0 Å². The number of amides is 1. The molecule has 0 saturated carbocycles. The fourth-order valence-electron chi connectivity index (χ4n) is 1.91. The summed E-state index contributed by atoms with van der Waals surface area (Å²) in [4.78, 5) is 14.0. The Morgan fingerprint density at radius 2 is 1.94 bits per heavy atom. The molecule has 1 N–H and O–H groups in total. The lowest BCUT2D eigenvalue weighted by atomic mass is 10.3. The Morgan fingerprint density at radius 3 is 2.56 bits per heavy atom. The summed E-state index contributed by atoms with van der Waals surface area (Å²) in [5.74, 6) is 0.772. The van der Waals surface area contributed by atoms with Gasteiger partial charge in [0.05, 0.1) is 0 Å². The molecule has 1 heterocycles. The maximum atomic E-state index is 12.1. The van der Waals surface area contributed by atoms with Crippen molar-refractivity contribution in [3.8, 4) is 5.75 Å². The summed E-state index contributed by atoms with van der Waals surface area (Å²) in [6, 6.07) is 7.51. The lowest BCUT2D eigenvalue weighted by Crippen LogP contribution is -2.50. The number of benzene rings is 1. The Morgan fingerprint density at radius 1 is 1.33 bits per heavy atom. The van der Waals surface area contributed by atoms with E-state index in [0.29, 0.717) is 5.75 Å². The van der Waals surface area contributed by atoms with Crippen molar-refractivity contribution >= 4 is 21.8 Å². The molecule has 5 heteroatoms. The summed E-state index contributed by atoms with van der Waals surface area (Å²) in [5, 5.41) is 3.22. The van der Waals surface area contributed by atoms with Crippen LogP contribution >= 0.6 is 15.9 Å². The van der Waals surface area contributed by atoms with E-state index in [2.05, 4.69) is 21.2 Å². The Hall–Kier alpha value is -1.07. The minimum absolute atomic E-state index is 0.0550. The lowest BCUT2D eigenvalue weighted by Gasteiger charge is -2.29. The molecule has 0 radical (unpaired) electrons. The number of halogens is 1. The number of carbonyl (C=O) groups is 1. The minimum atomic E-state index is -0.440. The molecule has 0 bridgehead atoms. The summed E-state index contributed by atoms with van der Waals surface area (Å²) in [6.07, 6.45) is -0.440. The molecule has 1 amide bonds. The van der Waals surface area contributed by atoms with Crippen molar-refractivity contribution in [2.75, 3.05) is 26.2 Å². The van der Waals surface area contributed by atoms with Gasteiger partial charge in [0.2, 0.25) is 0 Å². The van der Waals surface area contributed by atoms with Crippen LogP contribution in [-0.4, -0.2) is 43.1 Å². The molecule has 0 aromatic heterocycles.